The molecule has 0 radical (unpaired) electrons. The van der Waals surface area contributed by atoms with Crippen LogP contribution in [0.15, 0.2) is 54.9 Å². The van der Waals surface area contributed by atoms with Crippen molar-refractivity contribution in [1.29, 1.82) is 0 Å². The molecule has 0 aliphatic rings. The molecule has 0 bridgehead atoms. The number of rotatable bonds is 6. The summed E-state index contributed by atoms with van der Waals surface area (Å²) in [6.07, 6.45) is 2.63. The molecule has 1 aromatic heterocycles. The predicted molar refractivity (Wildman–Crippen MR) is 96.7 cm³/mol. The van der Waals surface area contributed by atoms with Gasteiger partial charge in [-0.25, -0.2) is 18.7 Å². The first-order chi connectivity index (χ1) is 13.1. The van der Waals surface area contributed by atoms with Crippen molar-refractivity contribution in [2.75, 3.05) is 17.7 Å². The Bertz CT molecular complexity index is 949. The second-order valence-corrected chi connectivity index (χ2v) is 5.54. The van der Waals surface area contributed by atoms with Gasteiger partial charge in [-0.2, -0.15) is 0 Å². The van der Waals surface area contributed by atoms with E-state index in [0.717, 1.165) is 23.4 Å². The van der Waals surface area contributed by atoms with Crippen molar-refractivity contribution < 1.29 is 18.3 Å². The Hall–Kier alpha value is -3.55. The van der Waals surface area contributed by atoms with Gasteiger partial charge in [-0.05, 0) is 18.2 Å². The number of carbonyl (C=O) groups is 1. The summed E-state index contributed by atoms with van der Waals surface area (Å²) >= 11 is 0. The van der Waals surface area contributed by atoms with Crippen molar-refractivity contribution >= 4 is 17.5 Å². The maximum absolute atomic E-state index is 13.6. The van der Waals surface area contributed by atoms with Crippen LogP contribution in [0.5, 0.6) is 5.75 Å². The molecule has 0 spiro atoms. The molecule has 1 heterocycles. The topological polar surface area (TPSA) is 76.1 Å². The molecule has 2 N–H and O–H groups in total. The number of ether oxygens (including phenoxy) is 1. The number of methoxy groups -OCH3 is 1. The second kappa shape index (κ2) is 8.22. The summed E-state index contributed by atoms with van der Waals surface area (Å²) in [6.45, 7) is 0.441. The largest absolute Gasteiger partial charge is 0.496 e. The molecule has 2 aromatic carbocycles. The van der Waals surface area contributed by atoms with E-state index >= 15 is 0 Å². The lowest BCUT2D eigenvalue weighted by molar-refractivity contribution is 0.102. The minimum atomic E-state index is -0.862. The number of anilines is 2. The molecular formula is C19H16F2N4O2. The van der Waals surface area contributed by atoms with E-state index in [1.54, 1.807) is 7.11 Å². The van der Waals surface area contributed by atoms with E-state index in [-0.39, 0.29) is 11.3 Å². The van der Waals surface area contributed by atoms with Gasteiger partial charge < -0.3 is 15.4 Å². The van der Waals surface area contributed by atoms with Crippen LogP contribution in [0.3, 0.4) is 0 Å². The van der Waals surface area contributed by atoms with E-state index in [1.807, 2.05) is 24.3 Å². The first kappa shape index (κ1) is 18.2. The minimum absolute atomic E-state index is 0.125. The van der Waals surface area contributed by atoms with Crippen molar-refractivity contribution in [3.8, 4) is 5.75 Å². The van der Waals surface area contributed by atoms with Gasteiger partial charge in [-0.3, -0.25) is 4.79 Å². The highest BCUT2D eigenvalue weighted by atomic mass is 19.1. The minimum Gasteiger partial charge on any atom is -0.496 e. The molecule has 27 heavy (non-hydrogen) atoms. The smallest absolute Gasteiger partial charge is 0.258 e. The van der Waals surface area contributed by atoms with Crippen LogP contribution >= 0.6 is 0 Å². The number of amides is 1. The lowest BCUT2D eigenvalue weighted by Gasteiger charge is -2.10. The maximum Gasteiger partial charge on any atom is 0.258 e. The highest BCUT2D eigenvalue weighted by molar-refractivity contribution is 6.03. The number of hydrogen-bond acceptors (Lipinski definition) is 5. The molecular weight excluding hydrogens is 354 g/mol. The molecule has 0 fully saturated rings. The van der Waals surface area contributed by atoms with Crippen molar-refractivity contribution in [2.45, 2.75) is 6.54 Å². The molecule has 138 valence electrons. The van der Waals surface area contributed by atoms with Crippen LogP contribution in [0, 0.1) is 11.6 Å². The number of para-hydroxylation sites is 1. The number of nitrogens with zero attached hydrogens (tertiary/aromatic N) is 2. The molecule has 0 saturated heterocycles. The van der Waals surface area contributed by atoms with Crippen LogP contribution in [0.25, 0.3) is 0 Å². The van der Waals surface area contributed by atoms with Gasteiger partial charge in [0.25, 0.3) is 5.91 Å². The van der Waals surface area contributed by atoms with Crippen LogP contribution in [-0.4, -0.2) is 23.0 Å². The Morgan fingerprint density at radius 2 is 1.85 bits per heavy atom. The first-order valence-electron chi connectivity index (χ1n) is 8.01. The number of carbonyl (C=O) groups excluding carboxylic acids is 1. The average Bonchev–Trinajstić information content (AvgIpc) is 2.69. The normalized spacial score (nSPS) is 10.3. The van der Waals surface area contributed by atoms with Gasteiger partial charge in [0.15, 0.2) is 0 Å². The number of halogens is 2. The van der Waals surface area contributed by atoms with Crippen molar-refractivity contribution in [1.82, 2.24) is 9.97 Å². The van der Waals surface area contributed by atoms with Crippen LogP contribution < -0.4 is 15.4 Å². The molecule has 3 aromatic rings. The number of benzene rings is 2. The molecule has 0 unspecified atom stereocenters. The SMILES string of the molecule is COc1ccccc1CNc1ncc(C(=O)Nc2ccc(F)cc2F)cn1. The van der Waals surface area contributed by atoms with Crippen LogP contribution in [-0.2, 0) is 6.54 Å². The molecule has 6 nitrogen and oxygen atoms in total. The quantitative estimate of drug-likeness (QED) is 0.693. The summed E-state index contributed by atoms with van der Waals surface area (Å²) in [5.74, 6) is -1.12. The third-order valence-corrected chi connectivity index (χ3v) is 3.72. The Morgan fingerprint density at radius 1 is 1.11 bits per heavy atom. The zero-order valence-corrected chi connectivity index (χ0v) is 14.4. The predicted octanol–water partition coefficient (Wildman–Crippen LogP) is 3.63. The standard InChI is InChI=1S/C19H16F2N4O2/c1-27-17-5-3-2-4-12(17)9-22-19-23-10-13(11-24-19)18(26)25-16-7-6-14(20)8-15(16)21/h2-8,10-11H,9H2,1H3,(H,25,26)(H,22,23,24). The molecule has 1 amide bonds. The van der Waals surface area contributed by atoms with Gasteiger partial charge >= 0.3 is 0 Å². The Labute approximate surface area is 154 Å². The van der Waals surface area contributed by atoms with Crippen LogP contribution in [0.4, 0.5) is 20.4 Å². The van der Waals surface area contributed by atoms with E-state index in [9.17, 15) is 13.6 Å². The van der Waals surface area contributed by atoms with Crippen molar-refractivity contribution in [2.24, 2.45) is 0 Å². The van der Waals surface area contributed by atoms with E-state index in [4.69, 9.17) is 4.74 Å². The molecule has 3 rings (SSSR count). The summed E-state index contributed by atoms with van der Waals surface area (Å²) in [5.41, 5.74) is 0.943. The van der Waals surface area contributed by atoms with Crippen LogP contribution in [0.1, 0.15) is 15.9 Å². The summed E-state index contributed by atoms with van der Waals surface area (Å²) in [6, 6.07) is 10.4. The van der Waals surface area contributed by atoms with Crippen LogP contribution in [0.2, 0.25) is 0 Å². The van der Waals surface area contributed by atoms with Gasteiger partial charge in [-0.15, -0.1) is 0 Å². The number of aromatic nitrogens is 2. The van der Waals surface area contributed by atoms with Gasteiger partial charge in [0, 0.05) is 30.6 Å². The van der Waals surface area contributed by atoms with Crippen molar-refractivity contribution in [3.63, 3.8) is 0 Å². The second-order valence-electron chi connectivity index (χ2n) is 5.54. The van der Waals surface area contributed by atoms with Gasteiger partial charge in [-0.1, -0.05) is 18.2 Å². The summed E-state index contributed by atoms with van der Waals surface area (Å²) in [4.78, 5) is 20.3. The zero-order chi connectivity index (χ0) is 19.2. The fourth-order valence-electron chi connectivity index (χ4n) is 2.35. The molecule has 0 atom stereocenters. The molecule has 0 aliphatic carbocycles. The molecule has 8 heteroatoms. The number of hydrogen-bond donors (Lipinski definition) is 2. The van der Waals surface area contributed by atoms with Gasteiger partial charge in [0.1, 0.15) is 17.4 Å². The lowest BCUT2D eigenvalue weighted by atomic mass is 10.2. The Balaban J connectivity index is 1.63. The zero-order valence-electron chi connectivity index (χ0n) is 14.4. The third kappa shape index (κ3) is 4.55. The number of nitrogens with one attached hydrogen (secondary N) is 2. The fourth-order valence-corrected chi connectivity index (χ4v) is 2.35. The first-order valence-corrected chi connectivity index (χ1v) is 8.01. The highest BCUT2D eigenvalue weighted by Gasteiger charge is 2.11. The van der Waals surface area contributed by atoms with E-state index < -0.39 is 17.5 Å². The van der Waals surface area contributed by atoms with E-state index in [0.29, 0.717) is 18.6 Å². The Morgan fingerprint density at radius 3 is 2.56 bits per heavy atom. The monoisotopic (exact) mass is 370 g/mol. The summed E-state index contributed by atoms with van der Waals surface area (Å²) in [7, 11) is 1.59. The van der Waals surface area contributed by atoms with Gasteiger partial charge in [0.05, 0.1) is 18.4 Å². The summed E-state index contributed by atoms with van der Waals surface area (Å²) < 4.78 is 31.8. The summed E-state index contributed by atoms with van der Waals surface area (Å²) in [5, 5.41) is 5.38. The van der Waals surface area contributed by atoms with E-state index in [1.165, 1.54) is 12.4 Å². The molecule has 0 aliphatic heterocycles. The van der Waals surface area contributed by atoms with Crippen molar-refractivity contribution in [3.05, 3.63) is 77.6 Å². The highest BCUT2D eigenvalue weighted by Crippen LogP contribution is 2.18. The Kier molecular flexibility index (Phi) is 5.55. The van der Waals surface area contributed by atoms with E-state index in [2.05, 4.69) is 20.6 Å². The molecule has 0 saturated carbocycles. The lowest BCUT2D eigenvalue weighted by Crippen LogP contribution is -2.14. The third-order valence-electron chi connectivity index (χ3n) is 3.72. The average molecular weight is 370 g/mol. The maximum atomic E-state index is 13.6. The fraction of sp³-hybridized carbons (Fsp3) is 0.105. The van der Waals surface area contributed by atoms with Gasteiger partial charge in [0.2, 0.25) is 5.95 Å².